The predicted molar refractivity (Wildman–Crippen MR) is 78.3 cm³/mol. The first-order chi connectivity index (χ1) is 10.4. The number of hydrogen-bond acceptors (Lipinski definition) is 7. The fourth-order valence-corrected chi connectivity index (χ4v) is 2.37. The maximum atomic E-state index is 12.2. The van der Waals surface area contributed by atoms with Crippen molar-refractivity contribution in [2.24, 2.45) is 0 Å². The molecule has 1 fully saturated rings. The zero-order valence-corrected chi connectivity index (χ0v) is 13.2. The summed E-state index contributed by atoms with van der Waals surface area (Å²) < 4.78 is 7.00. The molecule has 0 aromatic carbocycles. The Bertz CT molecular complexity index is 524. The maximum Gasteiger partial charge on any atom is 0.410 e. The lowest BCUT2D eigenvalue weighted by atomic mass is 10.2. The number of carbonyl (C=O) groups excluding carboxylic acids is 2. The van der Waals surface area contributed by atoms with Crippen LogP contribution in [0.1, 0.15) is 33.6 Å². The molecule has 0 bridgehead atoms. The molecule has 122 valence electrons. The van der Waals surface area contributed by atoms with E-state index >= 15 is 0 Å². The van der Waals surface area contributed by atoms with Crippen LogP contribution in [-0.4, -0.2) is 62.2 Å². The minimum atomic E-state index is -0.518. The summed E-state index contributed by atoms with van der Waals surface area (Å²) >= 11 is 0. The third-order valence-corrected chi connectivity index (χ3v) is 3.26. The second-order valence-electron chi connectivity index (χ2n) is 6.20. The van der Waals surface area contributed by atoms with Gasteiger partial charge in [0.15, 0.2) is 0 Å². The Morgan fingerprint density at radius 2 is 2.27 bits per heavy atom. The molecule has 0 radical (unpaired) electrons. The van der Waals surface area contributed by atoms with Crippen molar-refractivity contribution < 1.29 is 14.3 Å². The van der Waals surface area contributed by atoms with E-state index in [1.54, 1.807) is 9.58 Å². The standard InChI is InChI=1S/C13H22N6O3/c1-13(2,3)22-12(21)18-7-4-5-10(18)9-19-11(14-6-8-20)15-16-17-19/h8,10H,4-7,9H2,1-3H3,(H,14,15,17)/t10-/m0/s1. The lowest BCUT2D eigenvalue weighted by Gasteiger charge is -2.28. The van der Waals surface area contributed by atoms with Gasteiger partial charge in [0.1, 0.15) is 11.9 Å². The second kappa shape index (κ2) is 6.71. The molecule has 9 nitrogen and oxygen atoms in total. The molecule has 1 N–H and O–H groups in total. The number of aldehydes is 1. The predicted octanol–water partition coefficient (Wildman–Crippen LogP) is 0.683. The van der Waals surface area contributed by atoms with Crippen molar-refractivity contribution in [2.75, 3.05) is 18.4 Å². The van der Waals surface area contributed by atoms with Gasteiger partial charge in [0.25, 0.3) is 0 Å². The number of ether oxygens (including phenoxy) is 1. The molecule has 9 heteroatoms. The SMILES string of the molecule is CC(C)(C)OC(=O)N1CCC[C@H]1Cn1nnnc1NCC=O. The summed E-state index contributed by atoms with van der Waals surface area (Å²) in [5.41, 5.74) is -0.518. The van der Waals surface area contributed by atoms with Crippen LogP contribution in [0.25, 0.3) is 0 Å². The van der Waals surface area contributed by atoms with Crippen LogP contribution in [0.15, 0.2) is 0 Å². The van der Waals surface area contributed by atoms with E-state index < -0.39 is 5.60 Å². The van der Waals surface area contributed by atoms with Crippen LogP contribution in [0, 0.1) is 0 Å². The van der Waals surface area contributed by atoms with Gasteiger partial charge in [-0.25, -0.2) is 9.48 Å². The summed E-state index contributed by atoms with van der Waals surface area (Å²) in [6.45, 7) is 6.81. The van der Waals surface area contributed by atoms with Crippen molar-refractivity contribution >= 4 is 18.3 Å². The summed E-state index contributed by atoms with van der Waals surface area (Å²) in [7, 11) is 0. The average Bonchev–Trinajstić information content (AvgIpc) is 3.04. The lowest BCUT2D eigenvalue weighted by molar-refractivity contribution is -0.106. The van der Waals surface area contributed by atoms with Gasteiger partial charge in [-0.05, 0) is 44.0 Å². The van der Waals surface area contributed by atoms with E-state index in [-0.39, 0.29) is 18.7 Å². The summed E-state index contributed by atoms with van der Waals surface area (Å²) in [4.78, 5) is 24.4. The fourth-order valence-electron chi connectivity index (χ4n) is 2.37. The highest BCUT2D eigenvalue weighted by Crippen LogP contribution is 2.22. The number of likely N-dealkylation sites (tertiary alicyclic amines) is 1. The Kier molecular flexibility index (Phi) is 4.94. The summed E-state index contributed by atoms with van der Waals surface area (Å²) in [6, 6.07) is -0.0184. The minimum Gasteiger partial charge on any atom is -0.444 e. The van der Waals surface area contributed by atoms with Gasteiger partial charge in [0.2, 0.25) is 5.95 Å². The topological polar surface area (TPSA) is 102 Å². The molecule has 1 aromatic rings. The number of aromatic nitrogens is 4. The van der Waals surface area contributed by atoms with E-state index in [9.17, 15) is 9.59 Å². The number of rotatable bonds is 5. The van der Waals surface area contributed by atoms with Crippen LogP contribution in [0.4, 0.5) is 10.7 Å². The first kappa shape index (κ1) is 16.2. The molecule has 1 aliphatic heterocycles. The van der Waals surface area contributed by atoms with E-state index in [2.05, 4.69) is 20.8 Å². The Morgan fingerprint density at radius 1 is 1.50 bits per heavy atom. The van der Waals surface area contributed by atoms with Crippen molar-refractivity contribution in [3.05, 3.63) is 0 Å². The van der Waals surface area contributed by atoms with Gasteiger partial charge in [-0.1, -0.05) is 5.10 Å². The van der Waals surface area contributed by atoms with Crippen molar-refractivity contribution in [2.45, 2.75) is 51.8 Å². The van der Waals surface area contributed by atoms with Gasteiger partial charge in [0, 0.05) is 6.54 Å². The molecule has 0 saturated carbocycles. The number of carbonyl (C=O) groups is 2. The number of hydrogen-bond donors (Lipinski definition) is 1. The first-order valence-electron chi connectivity index (χ1n) is 7.34. The van der Waals surface area contributed by atoms with Gasteiger partial charge in [-0.2, -0.15) is 0 Å². The minimum absolute atomic E-state index is 0.0184. The molecular weight excluding hydrogens is 288 g/mol. The maximum absolute atomic E-state index is 12.2. The smallest absolute Gasteiger partial charge is 0.410 e. The van der Waals surface area contributed by atoms with Crippen LogP contribution in [0.5, 0.6) is 0 Å². The van der Waals surface area contributed by atoms with Gasteiger partial charge in [-0.15, -0.1) is 0 Å². The molecular formula is C13H22N6O3. The molecule has 2 heterocycles. The number of nitrogens with zero attached hydrogens (tertiary/aromatic N) is 5. The molecule has 0 aliphatic carbocycles. The highest BCUT2D eigenvalue weighted by Gasteiger charge is 2.33. The van der Waals surface area contributed by atoms with Crippen LogP contribution < -0.4 is 5.32 Å². The third kappa shape index (κ3) is 4.15. The Morgan fingerprint density at radius 3 is 2.95 bits per heavy atom. The van der Waals surface area contributed by atoms with Gasteiger partial charge >= 0.3 is 6.09 Å². The lowest BCUT2D eigenvalue weighted by Crippen LogP contribution is -2.41. The van der Waals surface area contributed by atoms with Crippen molar-refractivity contribution in [1.29, 1.82) is 0 Å². The zero-order chi connectivity index (χ0) is 16.2. The molecule has 2 rings (SSSR count). The van der Waals surface area contributed by atoms with Gasteiger partial charge in [-0.3, -0.25) is 0 Å². The van der Waals surface area contributed by atoms with Gasteiger partial charge in [0.05, 0.1) is 19.1 Å². The van der Waals surface area contributed by atoms with E-state index in [1.165, 1.54) is 0 Å². The number of nitrogens with one attached hydrogen (secondary N) is 1. The Labute approximate surface area is 129 Å². The number of anilines is 1. The van der Waals surface area contributed by atoms with Crippen LogP contribution in [0.3, 0.4) is 0 Å². The summed E-state index contributed by atoms with van der Waals surface area (Å²) in [5, 5.41) is 14.1. The first-order valence-corrected chi connectivity index (χ1v) is 7.34. The fraction of sp³-hybridized carbons (Fsp3) is 0.769. The van der Waals surface area contributed by atoms with Crippen molar-refractivity contribution in [3.8, 4) is 0 Å². The van der Waals surface area contributed by atoms with Gasteiger partial charge < -0.3 is 19.7 Å². The molecule has 1 saturated heterocycles. The van der Waals surface area contributed by atoms with E-state index in [1.807, 2.05) is 20.8 Å². The molecule has 1 atom stereocenters. The number of tetrazole rings is 1. The van der Waals surface area contributed by atoms with E-state index in [0.717, 1.165) is 19.1 Å². The molecule has 1 aromatic heterocycles. The molecule has 1 aliphatic rings. The highest BCUT2D eigenvalue weighted by atomic mass is 16.6. The molecule has 0 unspecified atom stereocenters. The van der Waals surface area contributed by atoms with E-state index in [4.69, 9.17) is 4.74 Å². The highest BCUT2D eigenvalue weighted by molar-refractivity contribution is 5.68. The van der Waals surface area contributed by atoms with Crippen molar-refractivity contribution in [1.82, 2.24) is 25.1 Å². The summed E-state index contributed by atoms with van der Waals surface area (Å²) in [5.74, 6) is 0.420. The van der Waals surface area contributed by atoms with Crippen LogP contribution in [0.2, 0.25) is 0 Å². The molecule has 1 amide bonds. The van der Waals surface area contributed by atoms with Crippen molar-refractivity contribution in [3.63, 3.8) is 0 Å². The molecule has 0 spiro atoms. The number of amides is 1. The van der Waals surface area contributed by atoms with E-state index in [0.29, 0.717) is 19.0 Å². The Balaban J connectivity index is 2.01. The average molecular weight is 310 g/mol. The Hall–Kier alpha value is -2.19. The quantitative estimate of drug-likeness (QED) is 0.798. The molecule has 22 heavy (non-hydrogen) atoms. The summed E-state index contributed by atoms with van der Waals surface area (Å²) in [6.07, 6.45) is 2.21. The van der Waals surface area contributed by atoms with Crippen LogP contribution >= 0.6 is 0 Å². The largest absolute Gasteiger partial charge is 0.444 e. The van der Waals surface area contributed by atoms with Crippen LogP contribution in [-0.2, 0) is 16.1 Å². The third-order valence-electron chi connectivity index (χ3n) is 3.26. The normalized spacial score (nSPS) is 18.3. The monoisotopic (exact) mass is 310 g/mol. The second-order valence-corrected chi connectivity index (χ2v) is 6.20. The zero-order valence-electron chi connectivity index (χ0n) is 13.2.